The van der Waals surface area contributed by atoms with Crippen LogP contribution in [-0.2, 0) is 23.1 Å². The van der Waals surface area contributed by atoms with Gasteiger partial charge in [-0.25, -0.2) is 4.57 Å². The Bertz CT molecular complexity index is 580. The molecule has 0 aromatic rings. The summed E-state index contributed by atoms with van der Waals surface area (Å²) < 4.78 is 35.1. The zero-order valence-electron chi connectivity index (χ0n) is 25.3. The number of rotatable bonds is 26. The Balaban J connectivity index is 0.0000137. The number of likely N-dealkylation sites (N-methyl/N-ethyl adjacent to an activating group) is 1. The van der Waals surface area contributed by atoms with Crippen molar-refractivity contribution in [1.82, 2.24) is 0 Å². The summed E-state index contributed by atoms with van der Waals surface area (Å²) in [5, 5.41) is 0. The van der Waals surface area contributed by atoms with Crippen LogP contribution in [0.2, 0.25) is 0 Å². The van der Waals surface area contributed by atoms with Crippen LogP contribution < -0.4 is 0 Å². The third-order valence-corrected chi connectivity index (χ3v) is 8.16. The van der Waals surface area contributed by atoms with E-state index in [2.05, 4.69) is 6.92 Å². The third-order valence-electron chi connectivity index (χ3n) is 7.20. The van der Waals surface area contributed by atoms with Gasteiger partial charge in [0.05, 0.1) is 34.4 Å². The van der Waals surface area contributed by atoms with Crippen molar-refractivity contribution in [3.63, 3.8) is 0 Å². The molecule has 0 radical (unpaired) electrons. The monoisotopic (exact) mass is 567 g/mol. The third kappa shape index (κ3) is 21.7. The molecular weight excluding hydrogens is 505 g/mol. The van der Waals surface area contributed by atoms with Gasteiger partial charge in [0, 0.05) is 13.2 Å². The molecule has 0 aliphatic carbocycles. The molecule has 1 saturated heterocycles. The average molecular weight is 568 g/mol. The second-order valence-electron chi connectivity index (χ2n) is 12.1. The molecule has 0 bridgehead atoms. The lowest BCUT2D eigenvalue weighted by molar-refractivity contribution is -0.870. The molecule has 1 unspecified atom stereocenters. The van der Waals surface area contributed by atoms with E-state index in [0.29, 0.717) is 30.8 Å². The maximum Gasteiger partial charge on any atom is 0.472 e. The van der Waals surface area contributed by atoms with Crippen molar-refractivity contribution in [3.05, 3.63) is 0 Å². The van der Waals surface area contributed by atoms with Crippen LogP contribution in [0.1, 0.15) is 122 Å². The van der Waals surface area contributed by atoms with E-state index < -0.39 is 13.4 Å². The van der Waals surface area contributed by atoms with Crippen molar-refractivity contribution in [3.8, 4) is 0 Å². The van der Waals surface area contributed by atoms with Gasteiger partial charge in [-0.3, -0.25) is 9.05 Å². The minimum absolute atomic E-state index is 0. The second kappa shape index (κ2) is 22.6. The fraction of sp³-hybridized carbons (Fsp3) is 1.00. The summed E-state index contributed by atoms with van der Waals surface area (Å²) in [4.78, 5) is 10.0. The van der Waals surface area contributed by atoms with Crippen molar-refractivity contribution in [1.29, 1.82) is 0 Å². The predicted octanol–water partition coefficient (Wildman–Crippen LogP) is 7.48. The average Bonchev–Trinajstić information content (AvgIpc) is 3.30. The standard InChI is InChI=1S/C29H60NO6P.H2O/c1-5-6-7-8-9-10-11-12-13-14-15-16-17-18-19-20-24-33-27-29(22-21-25-34-29)28-36-37(31,32)35-26-23-30(2,3)4;/h5-28H2,1-4H3;1H2/t29-;/m1./s1. The normalized spacial score (nSPS) is 19.4. The fourth-order valence-electron chi connectivity index (χ4n) is 4.70. The summed E-state index contributed by atoms with van der Waals surface area (Å²) in [5.74, 6) is 0. The van der Waals surface area contributed by atoms with E-state index in [1.54, 1.807) is 0 Å². The van der Waals surface area contributed by atoms with Crippen molar-refractivity contribution in [2.45, 2.75) is 128 Å². The Morgan fingerprint density at radius 3 is 1.71 bits per heavy atom. The number of hydrogen-bond acceptors (Lipinski definition) is 6. The number of hydrogen-bond donors (Lipinski definition) is 1. The second-order valence-corrected chi connectivity index (χ2v) is 13.5. The molecule has 0 aromatic heterocycles. The molecule has 1 rings (SSSR count). The molecule has 1 fully saturated rings. The summed E-state index contributed by atoms with van der Waals surface area (Å²) in [6.45, 7) is 4.81. The van der Waals surface area contributed by atoms with Crippen molar-refractivity contribution in [2.24, 2.45) is 0 Å². The molecule has 1 heterocycles. The lowest BCUT2D eigenvalue weighted by Crippen LogP contribution is -2.39. The van der Waals surface area contributed by atoms with Gasteiger partial charge < -0.3 is 24.3 Å². The van der Waals surface area contributed by atoms with Crippen molar-refractivity contribution >= 4 is 7.82 Å². The molecule has 230 valence electrons. The maximum atomic E-state index is 12.2. The number of quaternary nitrogens is 1. The van der Waals surface area contributed by atoms with Crippen LogP contribution in [0.4, 0.5) is 0 Å². The van der Waals surface area contributed by atoms with Gasteiger partial charge in [0.25, 0.3) is 0 Å². The number of phosphoric ester groups is 1. The van der Waals surface area contributed by atoms with Crippen LogP contribution in [0.15, 0.2) is 0 Å². The molecule has 8 nitrogen and oxygen atoms in total. The van der Waals surface area contributed by atoms with E-state index in [-0.39, 0.29) is 18.7 Å². The molecular formula is C29H62NO7P. The van der Waals surface area contributed by atoms with Crippen LogP contribution in [0.5, 0.6) is 0 Å². The van der Waals surface area contributed by atoms with Gasteiger partial charge in [-0.1, -0.05) is 103 Å². The first-order chi connectivity index (χ1) is 17.7. The Morgan fingerprint density at radius 2 is 1.26 bits per heavy atom. The largest absolute Gasteiger partial charge is 0.870 e. The van der Waals surface area contributed by atoms with Gasteiger partial charge in [0.15, 0.2) is 0 Å². The molecule has 1 aliphatic heterocycles. The topological polar surface area (TPSA) is 104 Å². The van der Waals surface area contributed by atoms with Gasteiger partial charge in [0.1, 0.15) is 18.8 Å². The molecule has 38 heavy (non-hydrogen) atoms. The van der Waals surface area contributed by atoms with Crippen LogP contribution >= 0.6 is 7.82 Å². The number of unbranched alkanes of at least 4 members (excludes halogenated alkanes) is 15. The van der Waals surface area contributed by atoms with Crippen molar-refractivity contribution in [2.75, 3.05) is 60.7 Å². The first kappa shape index (κ1) is 38.0. The Hall–Kier alpha value is -0.0500. The molecule has 2 atom stereocenters. The van der Waals surface area contributed by atoms with E-state index in [1.165, 1.54) is 96.3 Å². The summed E-state index contributed by atoms with van der Waals surface area (Å²) in [6.07, 6.45) is 23.3. The van der Waals surface area contributed by atoms with Crippen molar-refractivity contribution < 1.29 is 37.9 Å². The SMILES string of the molecule is CCCCCCCCCCCCCCCCCCOC[C@@]1(COP(=O)(O)OCC[N+](C)(C)C)CCCO1.[OH-]. The minimum Gasteiger partial charge on any atom is -0.870 e. The van der Waals surface area contributed by atoms with E-state index >= 15 is 0 Å². The lowest BCUT2D eigenvalue weighted by atomic mass is 10.0. The van der Waals surface area contributed by atoms with Gasteiger partial charge in [-0.2, -0.15) is 0 Å². The van der Waals surface area contributed by atoms with Crippen LogP contribution in [0.25, 0.3) is 0 Å². The van der Waals surface area contributed by atoms with Gasteiger partial charge in [-0.15, -0.1) is 0 Å². The van der Waals surface area contributed by atoms with Gasteiger partial charge >= 0.3 is 7.82 Å². The van der Waals surface area contributed by atoms with Crippen LogP contribution in [0.3, 0.4) is 0 Å². The summed E-state index contributed by atoms with van der Waals surface area (Å²) in [6, 6.07) is 0. The van der Waals surface area contributed by atoms with Crippen LogP contribution in [0, 0.1) is 0 Å². The van der Waals surface area contributed by atoms with E-state index in [0.717, 1.165) is 19.3 Å². The molecule has 0 aromatic carbocycles. The van der Waals surface area contributed by atoms with E-state index in [9.17, 15) is 9.46 Å². The fourth-order valence-corrected chi connectivity index (χ4v) is 5.49. The highest BCUT2D eigenvalue weighted by molar-refractivity contribution is 7.47. The maximum absolute atomic E-state index is 12.2. The molecule has 0 spiro atoms. The summed E-state index contributed by atoms with van der Waals surface area (Å²) >= 11 is 0. The highest BCUT2D eigenvalue weighted by atomic mass is 31.2. The smallest absolute Gasteiger partial charge is 0.472 e. The Kier molecular flexibility index (Phi) is 22.6. The zero-order chi connectivity index (χ0) is 27.3. The van der Waals surface area contributed by atoms with E-state index in [4.69, 9.17) is 18.5 Å². The Morgan fingerprint density at radius 1 is 0.763 bits per heavy atom. The van der Waals surface area contributed by atoms with E-state index in [1.807, 2.05) is 21.1 Å². The van der Waals surface area contributed by atoms with Gasteiger partial charge in [0.2, 0.25) is 0 Å². The molecule has 9 heteroatoms. The zero-order valence-corrected chi connectivity index (χ0v) is 26.2. The lowest BCUT2D eigenvalue weighted by Gasteiger charge is -2.29. The highest BCUT2D eigenvalue weighted by Gasteiger charge is 2.39. The van der Waals surface area contributed by atoms with Gasteiger partial charge in [-0.05, 0) is 19.3 Å². The Labute approximate surface area is 234 Å². The molecule has 2 N–H and O–H groups in total. The first-order valence-corrected chi connectivity index (χ1v) is 16.8. The number of phosphoric acid groups is 1. The summed E-state index contributed by atoms with van der Waals surface area (Å²) in [7, 11) is 1.92. The first-order valence-electron chi connectivity index (χ1n) is 15.3. The quantitative estimate of drug-likeness (QED) is 0.0656. The highest BCUT2D eigenvalue weighted by Crippen LogP contribution is 2.45. The molecule has 0 saturated carbocycles. The molecule has 0 amide bonds. The predicted molar refractivity (Wildman–Crippen MR) is 155 cm³/mol. The molecule has 1 aliphatic rings. The van der Waals surface area contributed by atoms with Crippen LogP contribution in [-0.4, -0.2) is 81.2 Å². The minimum atomic E-state index is -4.10. The summed E-state index contributed by atoms with van der Waals surface area (Å²) in [5.41, 5.74) is -0.642. The number of ether oxygens (including phenoxy) is 2. The number of nitrogens with zero attached hydrogens (tertiary/aromatic N) is 1.